The molecule has 1 aromatic heterocycles. The van der Waals surface area contributed by atoms with Crippen molar-refractivity contribution >= 4 is 5.69 Å². The van der Waals surface area contributed by atoms with Crippen molar-refractivity contribution in [3.05, 3.63) is 47.3 Å². The van der Waals surface area contributed by atoms with E-state index in [4.69, 9.17) is 5.11 Å². The Labute approximate surface area is 119 Å². The number of aryl methyl sites for hydroxylation is 1. The van der Waals surface area contributed by atoms with Crippen molar-refractivity contribution in [2.24, 2.45) is 0 Å². The van der Waals surface area contributed by atoms with Gasteiger partial charge >= 0.3 is 0 Å². The summed E-state index contributed by atoms with van der Waals surface area (Å²) in [6, 6.07) is 6.90. The zero-order valence-corrected chi connectivity index (χ0v) is 12.0. The van der Waals surface area contributed by atoms with Crippen LogP contribution < -0.4 is 5.32 Å². The Hall–Kier alpha value is -1.81. The van der Waals surface area contributed by atoms with Crippen molar-refractivity contribution in [1.29, 1.82) is 0 Å². The molecule has 0 amide bonds. The van der Waals surface area contributed by atoms with Crippen molar-refractivity contribution in [2.45, 2.75) is 38.8 Å². The van der Waals surface area contributed by atoms with Crippen LogP contribution in [0.4, 0.5) is 5.69 Å². The Bertz CT molecular complexity index is 606. The van der Waals surface area contributed by atoms with E-state index in [-0.39, 0.29) is 6.61 Å². The highest BCUT2D eigenvalue weighted by Crippen LogP contribution is 2.43. The molecule has 0 radical (unpaired) electrons. The van der Waals surface area contributed by atoms with Crippen LogP contribution in [0.2, 0.25) is 0 Å². The maximum absolute atomic E-state index is 8.93. The summed E-state index contributed by atoms with van der Waals surface area (Å²) in [4.78, 5) is 0. The summed E-state index contributed by atoms with van der Waals surface area (Å²) < 4.78 is 1.76. The highest BCUT2D eigenvalue weighted by Gasteiger charge is 2.29. The van der Waals surface area contributed by atoms with Crippen molar-refractivity contribution in [1.82, 2.24) is 9.78 Å². The van der Waals surface area contributed by atoms with Crippen LogP contribution in [0.25, 0.3) is 0 Å². The molecule has 1 aromatic carbocycles. The van der Waals surface area contributed by atoms with Gasteiger partial charge in [0.05, 0.1) is 31.1 Å². The van der Waals surface area contributed by atoms with Gasteiger partial charge in [0.2, 0.25) is 0 Å². The molecule has 0 fully saturated rings. The molecule has 106 valence electrons. The van der Waals surface area contributed by atoms with E-state index >= 15 is 0 Å². The van der Waals surface area contributed by atoms with Crippen molar-refractivity contribution in [3.8, 4) is 0 Å². The van der Waals surface area contributed by atoms with Gasteiger partial charge in [0.15, 0.2) is 0 Å². The minimum absolute atomic E-state index is 0.115. The van der Waals surface area contributed by atoms with Gasteiger partial charge in [-0.15, -0.1) is 0 Å². The maximum atomic E-state index is 8.93. The molecule has 3 rings (SSSR count). The Morgan fingerprint density at radius 2 is 2.30 bits per heavy atom. The van der Waals surface area contributed by atoms with E-state index in [0.717, 1.165) is 12.1 Å². The largest absolute Gasteiger partial charge is 0.394 e. The van der Waals surface area contributed by atoms with Gasteiger partial charge < -0.3 is 10.4 Å². The maximum Gasteiger partial charge on any atom is 0.0731 e. The molecule has 2 atom stereocenters. The normalized spacial score (nSPS) is 20.9. The molecule has 2 aromatic rings. The Morgan fingerprint density at radius 3 is 3.10 bits per heavy atom. The SMILES string of the molecule is Cc1cccc2c1C(C)CC2Nc1cnn(CCO)c1. The lowest BCUT2D eigenvalue weighted by atomic mass is 9.98. The van der Waals surface area contributed by atoms with Gasteiger partial charge in [-0.1, -0.05) is 25.1 Å². The molecule has 0 aliphatic heterocycles. The molecule has 0 spiro atoms. The van der Waals surface area contributed by atoms with Gasteiger partial charge in [-0.3, -0.25) is 4.68 Å². The predicted molar refractivity (Wildman–Crippen MR) is 79.9 cm³/mol. The molecule has 4 nitrogen and oxygen atoms in total. The van der Waals surface area contributed by atoms with Crippen LogP contribution in [0.5, 0.6) is 0 Å². The summed E-state index contributed by atoms with van der Waals surface area (Å²) in [6.45, 7) is 5.14. The van der Waals surface area contributed by atoms with Crippen LogP contribution in [0, 0.1) is 6.92 Å². The van der Waals surface area contributed by atoms with E-state index in [1.54, 1.807) is 4.68 Å². The van der Waals surface area contributed by atoms with E-state index < -0.39 is 0 Å². The molecule has 1 aliphatic carbocycles. The van der Waals surface area contributed by atoms with E-state index in [1.165, 1.54) is 16.7 Å². The third kappa shape index (κ3) is 2.31. The average Bonchev–Trinajstić information content (AvgIpc) is 2.97. The second kappa shape index (κ2) is 5.29. The Morgan fingerprint density at radius 1 is 1.45 bits per heavy atom. The fraction of sp³-hybridized carbons (Fsp3) is 0.438. The topological polar surface area (TPSA) is 50.1 Å². The summed E-state index contributed by atoms with van der Waals surface area (Å²) in [7, 11) is 0. The fourth-order valence-corrected chi connectivity index (χ4v) is 3.28. The minimum Gasteiger partial charge on any atom is -0.394 e. The van der Waals surface area contributed by atoms with E-state index in [1.807, 2.05) is 12.4 Å². The molecule has 20 heavy (non-hydrogen) atoms. The third-order valence-corrected chi connectivity index (χ3v) is 4.12. The lowest BCUT2D eigenvalue weighted by Crippen LogP contribution is -2.07. The molecule has 2 N–H and O–H groups in total. The van der Waals surface area contributed by atoms with E-state index in [9.17, 15) is 0 Å². The number of aromatic nitrogens is 2. The molecule has 0 saturated heterocycles. The van der Waals surface area contributed by atoms with Gasteiger partial charge in [0.25, 0.3) is 0 Å². The monoisotopic (exact) mass is 271 g/mol. The van der Waals surface area contributed by atoms with Crippen LogP contribution in [0.3, 0.4) is 0 Å². The predicted octanol–water partition coefficient (Wildman–Crippen LogP) is 2.84. The highest BCUT2D eigenvalue weighted by molar-refractivity contribution is 5.49. The first-order valence-electron chi connectivity index (χ1n) is 7.18. The average molecular weight is 271 g/mol. The van der Waals surface area contributed by atoms with Crippen molar-refractivity contribution in [3.63, 3.8) is 0 Å². The molecule has 0 saturated carbocycles. The number of anilines is 1. The molecule has 1 heterocycles. The second-order valence-corrected chi connectivity index (χ2v) is 5.63. The number of hydrogen-bond acceptors (Lipinski definition) is 3. The molecule has 2 unspecified atom stereocenters. The summed E-state index contributed by atoms with van der Waals surface area (Å²) in [5.41, 5.74) is 5.31. The van der Waals surface area contributed by atoms with Crippen LogP contribution in [0.1, 0.15) is 42.0 Å². The summed E-state index contributed by atoms with van der Waals surface area (Å²) in [5.74, 6) is 0.594. The number of benzene rings is 1. The summed E-state index contributed by atoms with van der Waals surface area (Å²) in [5, 5.41) is 16.7. The minimum atomic E-state index is 0.115. The first-order chi connectivity index (χ1) is 9.69. The van der Waals surface area contributed by atoms with Gasteiger partial charge in [0, 0.05) is 6.20 Å². The standard InChI is InChI=1S/C16H21N3O/c1-11-4-3-5-14-15(8-12(2)16(11)14)18-13-9-17-19(10-13)6-7-20/h3-5,9-10,12,15,18,20H,6-8H2,1-2H3. The number of aliphatic hydroxyl groups excluding tert-OH is 1. The van der Waals surface area contributed by atoms with Crippen LogP contribution in [-0.2, 0) is 6.54 Å². The lowest BCUT2D eigenvalue weighted by molar-refractivity contribution is 0.269. The number of rotatable bonds is 4. The van der Waals surface area contributed by atoms with E-state index in [2.05, 4.69) is 42.5 Å². The lowest BCUT2D eigenvalue weighted by Gasteiger charge is -2.14. The molecular weight excluding hydrogens is 250 g/mol. The summed E-state index contributed by atoms with van der Waals surface area (Å²) >= 11 is 0. The molecule has 1 aliphatic rings. The van der Waals surface area contributed by atoms with Crippen molar-refractivity contribution < 1.29 is 5.11 Å². The first-order valence-corrected chi connectivity index (χ1v) is 7.18. The molecular formula is C16H21N3O. The Kier molecular flexibility index (Phi) is 3.49. The van der Waals surface area contributed by atoms with Crippen LogP contribution in [-0.4, -0.2) is 21.5 Å². The van der Waals surface area contributed by atoms with Gasteiger partial charge in [-0.05, 0) is 36.0 Å². The second-order valence-electron chi connectivity index (χ2n) is 5.63. The Balaban J connectivity index is 1.81. The van der Waals surface area contributed by atoms with Gasteiger partial charge in [0.1, 0.15) is 0 Å². The number of hydrogen-bond donors (Lipinski definition) is 2. The smallest absolute Gasteiger partial charge is 0.0731 e. The van der Waals surface area contributed by atoms with Gasteiger partial charge in [-0.25, -0.2) is 0 Å². The first kappa shape index (κ1) is 13.2. The number of fused-ring (bicyclic) bond motifs is 1. The third-order valence-electron chi connectivity index (χ3n) is 4.12. The zero-order valence-electron chi connectivity index (χ0n) is 12.0. The number of aliphatic hydroxyl groups is 1. The molecule has 4 heteroatoms. The quantitative estimate of drug-likeness (QED) is 0.899. The highest BCUT2D eigenvalue weighted by atomic mass is 16.3. The summed E-state index contributed by atoms with van der Waals surface area (Å²) in [6.07, 6.45) is 4.90. The van der Waals surface area contributed by atoms with Crippen molar-refractivity contribution in [2.75, 3.05) is 11.9 Å². The van der Waals surface area contributed by atoms with Gasteiger partial charge in [-0.2, -0.15) is 5.10 Å². The zero-order chi connectivity index (χ0) is 14.1. The number of nitrogens with zero attached hydrogens (tertiary/aromatic N) is 2. The van der Waals surface area contributed by atoms with E-state index in [0.29, 0.717) is 18.5 Å². The molecule has 0 bridgehead atoms. The van der Waals surface area contributed by atoms with Crippen LogP contribution >= 0.6 is 0 Å². The van der Waals surface area contributed by atoms with Crippen LogP contribution in [0.15, 0.2) is 30.6 Å². The number of nitrogens with one attached hydrogen (secondary N) is 1. The fourth-order valence-electron chi connectivity index (χ4n) is 3.28.